The monoisotopic (exact) mass is 266 g/mol. The Balaban J connectivity index is 2.94. The highest BCUT2D eigenvalue weighted by Gasteiger charge is 2.25. The second-order valence-electron chi connectivity index (χ2n) is 5.57. The van der Waals surface area contributed by atoms with Crippen LogP contribution >= 0.6 is 0 Å². The second kappa shape index (κ2) is 6.70. The molecule has 0 fully saturated rings. The van der Waals surface area contributed by atoms with Crippen LogP contribution in [0.3, 0.4) is 0 Å². The number of hydrogen-bond donors (Lipinski definition) is 2. The number of nitrogens with one attached hydrogen (secondary N) is 1. The Labute approximate surface area is 116 Å². The van der Waals surface area contributed by atoms with Gasteiger partial charge in [0.1, 0.15) is 12.1 Å². The average molecular weight is 266 g/mol. The Hall–Kier alpha value is -1.36. The van der Waals surface area contributed by atoms with Crippen LogP contribution in [-0.2, 0) is 0 Å². The Bertz CT molecular complexity index is 408. The van der Waals surface area contributed by atoms with E-state index in [1.807, 2.05) is 13.8 Å². The van der Waals surface area contributed by atoms with Crippen LogP contribution in [0.5, 0.6) is 5.88 Å². The maximum Gasteiger partial charge on any atom is 0.221 e. The minimum Gasteiger partial charge on any atom is -0.478 e. The molecule has 19 heavy (non-hydrogen) atoms. The summed E-state index contributed by atoms with van der Waals surface area (Å²) in [6, 6.07) is 0. The number of rotatable bonds is 7. The molecule has 0 aliphatic carbocycles. The highest BCUT2D eigenvalue weighted by Crippen LogP contribution is 2.26. The van der Waals surface area contributed by atoms with Crippen molar-refractivity contribution in [2.24, 2.45) is 11.7 Å². The fourth-order valence-electron chi connectivity index (χ4n) is 2.21. The van der Waals surface area contributed by atoms with Crippen LogP contribution in [0.15, 0.2) is 6.33 Å². The van der Waals surface area contributed by atoms with Crippen molar-refractivity contribution in [3.8, 4) is 5.88 Å². The summed E-state index contributed by atoms with van der Waals surface area (Å²) in [5, 5.41) is 3.45. The molecule has 1 aromatic rings. The van der Waals surface area contributed by atoms with Crippen LogP contribution in [0.2, 0.25) is 0 Å². The Morgan fingerprint density at radius 1 is 1.42 bits per heavy atom. The Morgan fingerprint density at radius 3 is 2.63 bits per heavy atom. The van der Waals surface area contributed by atoms with E-state index in [-0.39, 0.29) is 5.54 Å². The van der Waals surface area contributed by atoms with Gasteiger partial charge in [-0.25, -0.2) is 9.97 Å². The number of nitrogens with two attached hydrogens (primary N) is 1. The zero-order valence-corrected chi connectivity index (χ0v) is 12.7. The van der Waals surface area contributed by atoms with Gasteiger partial charge < -0.3 is 15.8 Å². The molecule has 1 heterocycles. The van der Waals surface area contributed by atoms with Crippen LogP contribution in [0.25, 0.3) is 0 Å². The highest BCUT2D eigenvalue weighted by atomic mass is 16.5. The third-order valence-electron chi connectivity index (χ3n) is 3.05. The van der Waals surface area contributed by atoms with Gasteiger partial charge in [-0.1, -0.05) is 13.8 Å². The fourth-order valence-corrected chi connectivity index (χ4v) is 2.21. The summed E-state index contributed by atoms with van der Waals surface area (Å²) < 4.78 is 5.48. The molecule has 0 aliphatic heterocycles. The van der Waals surface area contributed by atoms with Crippen molar-refractivity contribution < 1.29 is 4.74 Å². The van der Waals surface area contributed by atoms with Gasteiger partial charge >= 0.3 is 0 Å². The Kier molecular flexibility index (Phi) is 5.54. The second-order valence-corrected chi connectivity index (χ2v) is 5.57. The van der Waals surface area contributed by atoms with E-state index in [2.05, 4.69) is 36.1 Å². The van der Waals surface area contributed by atoms with Crippen LogP contribution in [0, 0.1) is 12.8 Å². The fraction of sp³-hybridized carbons (Fsp3) is 0.714. The predicted octanol–water partition coefficient (Wildman–Crippen LogP) is 2.36. The lowest BCUT2D eigenvalue weighted by atomic mass is 9.90. The van der Waals surface area contributed by atoms with E-state index in [4.69, 9.17) is 10.5 Å². The Morgan fingerprint density at radius 2 is 2.11 bits per heavy atom. The van der Waals surface area contributed by atoms with E-state index in [9.17, 15) is 0 Å². The molecular weight excluding hydrogens is 240 g/mol. The molecule has 0 amide bonds. The molecular formula is C14H26N4O. The minimum absolute atomic E-state index is 0.170. The minimum atomic E-state index is -0.170. The lowest BCUT2D eigenvalue weighted by Crippen LogP contribution is -2.44. The molecule has 0 spiro atoms. The molecule has 1 rings (SSSR count). The van der Waals surface area contributed by atoms with Crippen molar-refractivity contribution in [1.29, 1.82) is 0 Å². The van der Waals surface area contributed by atoms with E-state index < -0.39 is 0 Å². The molecule has 0 aromatic carbocycles. The average Bonchev–Trinajstić information content (AvgIpc) is 2.33. The van der Waals surface area contributed by atoms with Crippen LogP contribution in [0.1, 0.15) is 39.7 Å². The lowest BCUT2D eigenvalue weighted by molar-refractivity contribution is 0.323. The SMILES string of the molecule is CCOc1ncnc(NC(C)(CN)CC(C)C)c1C. The topological polar surface area (TPSA) is 73.1 Å². The quantitative estimate of drug-likeness (QED) is 0.792. The smallest absolute Gasteiger partial charge is 0.221 e. The van der Waals surface area contributed by atoms with Crippen LogP contribution in [0.4, 0.5) is 5.82 Å². The van der Waals surface area contributed by atoms with E-state index in [1.165, 1.54) is 6.33 Å². The first-order valence-electron chi connectivity index (χ1n) is 6.84. The summed E-state index contributed by atoms with van der Waals surface area (Å²) in [6.07, 6.45) is 2.50. The molecule has 108 valence electrons. The van der Waals surface area contributed by atoms with Crippen molar-refractivity contribution in [3.05, 3.63) is 11.9 Å². The maximum absolute atomic E-state index is 5.91. The first kappa shape index (κ1) is 15.7. The molecule has 1 atom stereocenters. The third kappa shape index (κ3) is 4.35. The zero-order valence-electron chi connectivity index (χ0n) is 12.7. The number of nitrogens with zero attached hydrogens (tertiary/aromatic N) is 2. The van der Waals surface area contributed by atoms with Crippen molar-refractivity contribution in [3.63, 3.8) is 0 Å². The number of hydrogen-bond acceptors (Lipinski definition) is 5. The van der Waals surface area contributed by atoms with E-state index >= 15 is 0 Å². The van der Waals surface area contributed by atoms with Gasteiger partial charge in [0, 0.05) is 12.1 Å². The van der Waals surface area contributed by atoms with Gasteiger partial charge in [-0.15, -0.1) is 0 Å². The molecule has 0 saturated carbocycles. The molecule has 0 saturated heterocycles. The summed E-state index contributed by atoms with van der Waals surface area (Å²) >= 11 is 0. The van der Waals surface area contributed by atoms with E-state index in [1.54, 1.807) is 0 Å². The van der Waals surface area contributed by atoms with Gasteiger partial charge in [0.2, 0.25) is 5.88 Å². The summed E-state index contributed by atoms with van der Waals surface area (Å²) in [4.78, 5) is 8.44. The summed E-state index contributed by atoms with van der Waals surface area (Å²) in [5.74, 6) is 1.99. The first-order chi connectivity index (χ1) is 8.91. The van der Waals surface area contributed by atoms with Crippen LogP contribution < -0.4 is 15.8 Å². The van der Waals surface area contributed by atoms with Gasteiger partial charge in [0.15, 0.2) is 0 Å². The summed E-state index contributed by atoms with van der Waals surface area (Å²) in [5.41, 5.74) is 6.67. The van der Waals surface area contributed by atoms with Crippen molar-refractivity contribution in [1.82, 2.24) is 9.97 Å². The van der Waals surface area contributed by atoms with E-state index in [0.29, 0.717) is 24.9 Å². The predicted molar refractivity (Wildman–Crippen MR) is 78.5 cm³/mol. The lowest BCUT2D eigenvalue weighted by Gasteiger charge is -2.32. The van der Waals surface area contributed by atoms with Gasteiger partial charge in [0.25, 0.3) is 0 Å². The summed E-state index contributed by atoms with van der Waals surface area (Å²) in [7, 11) is 0. The number of anilines is 1. The molecule has 3 N–H and O–H groups in total. The van der Waals surface area contributed by atoms with Gasteiger partial charge in [-0.3, -0.25) is 0 Å². The molecule has 0 bridgehead atoms. The van der Waals surface area contributed by atoms with E-state index in [0.717, 1.165) is 17.8 Å². The van der Waals surface area contributed by atoms with Gasteiger partial charge in [-0.2, -0.15) is 0 Å². The molecule has 0 aliphatic rings. The highest BCUT2D eigenvalue weighted by molar-refractivity contribution is 5.49. The zero-order chi connectivity index (χ0) is 14.5. The van der Waals surface area contributed by atoms with Crippen molar-refractivity contribution in [2.45, 2.75) is 46.6 Å². The molecule has 1 aromatic heterocycles. The van der Waals surface area contributed by atoms with Gasteiger partial charge in [0.05, 0.1) is 12.2 Å². The third-order valence-corrected chi connectivity index (χ3v) is 3.05. The standard InChI is InChI=1S/C14H26N4O/c1-6-19-13-11(4)12(16-9-17-13)18-14(5,8-15)7-10(2)3/h9-10H,6-8,15H2,1-5H3,(H,16,17,18). The van der Waals surface area contributed by atoms with Crippen molar-refractivity contribution in [2.75, 3.05) is 18.5 Å². The first-order valence-corrected chi connectivity index (χ1v) is 6.84. The largest absolute Gasteiger partial charge is 0.478 e. The summed E-state index contributed by atoms with van der Waals surface area (Å²) in [6.45, 7) is 11.5. The number of aromatic nitrogens is 2. The maximum atomic E-state index is 5.91. The van der Waals surface area contributed by atoms with Gasteiger partial charge in [-0.05, 0) is 33.1 Å². The molecule has 0 radical (unpaired) electrons. The van der Waals surface area contributed by atoms with Crippen LogP contribution in [-0.4, -0.2) is 28.7 Å². The van der Waals surface area contributed by atoms with Crippen molar-refractivity contribution >= 4 is 5.82 Å². The number of ether oxygens (including phenoxy) is 1. The molecule has 5 nitrogen and oxygen atoms in total. The molecule has 1 unspecified atom stereocenters. The normalized spacial score (nSPS) is 14.3. The molecule has 5 heteroatoms.